The Hall–Kier alpha value is -0.400. The lowest BCUT2D eigenvalue weighted by molar-refractivity contribution is -0.224. The lowest BCUT2D eigenvalue weighted by Gasteiger charge is -2.53. The average Bonchev–Trinajstić information content (AvgIpc) is 2.64. The van der Waals surface area contributed by atoms with Gasteiger partial charge in [0.25, 0.3) is 0 Å². The van der Waals surface area contributed by atoms with Crippen molar-refractivity contribution >= 4 is 0 Å². The first-order valence-corrected chi connectivity index (χ1v) is 11.0. The highest BCUT2D eigenvalue weighted by atomic mass is 16.5. The van der Waals surface area contributed by atoms with Gasteiger partial charge in [0.15, 0.2) is 0 Å². The van der Waals surface area contributed by atoms with Crippen molar-refractivity contribution in [3.8, 4) is 0 Å². The molecule has 3 rings (SSSR count). The van der Waals surface area contributed by atoms with Crippen molar-refractivity contribution in [2.75, 3.05) is 13.7 Å². The van der Waals surface area contributed by atoms with E-state index < -0.39 is 60.0 Å². The molecule has 0 bridgehead atoms. The Morgan fingerprint density at radius 2 is 1.60 bits per heavy atom. The van der Waals surface area contributed by atoms with Gasteiger partial charge in [-0.05, 0) is 40.2 Å². The molecule has 3 aliphatic rings. The third-order valence-corrected chi connectivity index (χ3v) is 7.43. The highest BCUT2D eigenvalue weighted by molar-refractivity contribution is 5.09. The second-order valence-electron chi connectivity index (χ2n) is 9.84. The maximum absolute atomic E-state index is 11.4. The smallest absolute Gasteiger partial charge is 0.103 e. The van der Waals surface area contributed by atoms with Crippen LogP contribution >= 0.6 is 0 Å². The van der Waals surface area contributed by atoms with Gasteiger partial charge in [-0.15, -0.1) is 0 Å². The molecule has 0 spiro atoms. The van der Waals surface area contributed by atoms with Crippen molar-refractivity contribution in [3.05, 3.63) is 0 Å². The summed E-state index contributed by atoms with van der Waals surface area (Å²) in [5, 5.41) is 35.9. The van der Waals surface area contributed by atoms with E-state index in [1.54, 1.807) is 14.0 Å². The second-order valence-corrected chi connectivity index (χ2v) is 9.84. The number of hydrogen-bond acceptors (Lipinski definition) is 10. The summed E-state index contributed by atoms with van der Waals surface area (Å²) >= 11 is 0. The summed E-state index contributed by atoms with van der Waals surface area (Å²) in [5.41, 5.74) is 24.0. The van der Waals surface area contributed by atoms with E-state index in [0.29, 0.717) is 6.42 Å². The minimum atomic E-state index is -1.25. The first kappa shape index (κ1) is 24.2. The van der Waals surface area contributed by atoms with Crippen LogP contribution in [-0.2, 0) is 9.47 Å². The first-order chi connectivity index (χ1) is 14.0. The molecule has 10 heteroatoms. The van der Waals surface area contributed by atoms with E-state index in [1.165, 1.54) is 0 Å². The quantitative estimate of drug-likeness (QED) is 0.227. The molecule has 176 valence electrons. The van der Waals surface area contributed by atoms with Crippen molar-refractivity contribution in [2.24, 2.45) is 34.8 Å². The number of aliphatic hydroxyl groups is 3. The molecule has 4 unspecified atom stereocenters. The van der Waals surface area contributed by atoms with E-state index in [2.05, 4.69) is 5.32 Å². The highest BCUT2D eigenvalue weighted by Gasteiger charge is 2.56. The Morgan fingerprint density at radius 1 is 1.00 bits per heavy atom. The Balaban J connectivity index is 1.84. The van der Waals surface area contributed by atoms with Crippen LogP contribution in [0.4, 0.5) is 0 Å². The number of rotatable bonds is 4. The molecule has 30 heavy (non-hydrogen) atoms. The molecule has 0 aromatic rings. The summed E-state index contributed by atoms with van der Waals surface area (Å²) in [4.78, 5) is 0. The van der Waals surface area contributed by atoms with E-state index in [-0.39, 0.29) is 24.8 Å². The van der Waals surface area contributed by atoms with Gasteiger partial charge in [-0.1, -0.05) is 0 Å². The molecule has 13 atom stereocenters. The molecule has 2 aliphatic heterocycles. The molecule has 1 saturated carbocycles. The van der Waals surface area contributed by atoms with Crippen LogP contribution in [0.5, 0.6) is 0 Å². The Morgan fingerprint density at radius 3 is 2.17 bits per heavy atom. The molecule has 3 fully saturated rings. The van der Waals surface area contributed by atoms with E-state index in [0.717, 1.165) is 12.8 Å². The van der Waals surface area contributed by atoms with Gasteiger partial charge < -0.3 is 53.0 Å². The maximum atomic E-state index is 11.4. The number of nitrogens with one attached hydrogen (secondary N) is 1. The van der Waals surface area contributed by atoms with Crippen molar-refractivity contribution < 1.29 is 24.8 Å². The van der Waals surface area contributed by atoms with Crippen LogP contribution in [0.15, 0.2) is 0 Å². The van der Waals surface area contributed by atoms with Crippen molar-refractivity contribution in [2.45, 2.75) is 99.4 Å². The zero-order valence-electron chi connectivity index (χ0n) is 18.2. The summed E-state index contributed by atoms with van der Waals surface area (Å²) in [6.45, 7) is 3.51. The molecule has 0 aromatic carbocycles. The van der Waals surface area contributed by atoms with Crippen LogP contribution in [0.1, 0.15) is 33.1 Å². The summed E-state index contributed by atoms with van der Waals surface area (Å²) < 4.78 is 12.1. The molecule has 0 aromatic heterocycles. The Kier molecular flexibility index (Phi) is 7.45. The van der Waals surface area contributed by atoms with Gasteiger partial charge in [-0.3, -0.25) is 0 Å². The number of likely N-dealkylation sites (N-methyl/N-ethyl adjacent to an activating group) is 1. The fourth-order valence-electron chi connectivity index (χ4n) is 5.75. The number of nitrogens with two attached hydrogens (primary N) is 4. The van der Waals surface area contributed by atoms with Crippen LogP contribution in [0.3, 0.4) is 0 Å². The van der Waals surface area contributed by atoms with Crippen molar-refractivity contribution in [1.29, 1.82) is 0 Å². The van der Waals surface area contributed by atoms with Gasteiger partial charge in [0.1, 0.15) is 5.60 Å². The SMILES string of the molecule is CN[C@@H]1[C@@H](O)C(C2[C@@H](O)C([C@H]3O[C@H](C(C)N)CC[C@H]3N)[C@@H](N)C[C@H]2N)OC[C@]1(C)O. The molecule has 0 amide bonds. The molecular formula is C20H41N5O5. The summed E-state index contributed by atoms with van der Waals surface area (Å²) in [6.07, 6.45) is -1.47. The zero-order valence-corrected chi connectivity index (χ0v) is 18.2. The topological polar surface area (TPSA) is 195 Å². The first-order valence-electron chi connectivity index (χ1n) is 11.0. The molecule has 2 saturated heterocycles. The van der Waals surface area contributed by atoms with Gasteiger partial charge in [0.05, 0.1) is 43.2 Å². The predicted octanol–water partition coefficient (Wildman–Crippen LogP) is -3.04. The number of hydrogen-bond donors (Lipinski definition) is 8. The average molecular weight is 432 g/mol. The second kappa shape index (κ2) is 9.22. The van der Waals surface area contributed by atoms with Crippen molar-refractivity contribution in [3.63, 3.8) is 0 Å². The van der Waals surface area contributed by atoms with Gasteiger partial charge in [0.2, 0.25) is 0 Å². The van der Waals surface area contributed by atoms with Crippen LogP contribution in [0, 0.1) is 11.8 Å². The molecule has 10 nitrogen and oxygen atoms in total. The number of ether oxygens (including phenoxy) is 2. The van der Waals surface area contributed by atoms with Crippen LogP contribution in [0.2, 0.25) is 0 Å². The Bertz CT molecular complexity index is 582. The standard InChI is InChI=1S/C20H41N5O5/c1-8(21)12-5-4-9(22)17(30-12)13-10(23)6-11(24)14(15(13)26)18-16(27)19(25-3)20(2,28)7-29-18/h8-19,25-28H,4-7,21-24H2,1-3H3/t8?,9-,10+,11-,12+,13?,14?,15+,16+,17+,18?,19-,20+/m1/s1. The fraction of sp³-hybridized carbons (Fsp3) is 1.00. The number of aliphatic hydroxyl groups excluding tert-OH is 2. The minimum Gasteiger partial charge on any atom is -0.392 e. The van der Waals surface area contributed by atoms with E-state index in [9.17, 15) is 15.3 Å². The van der Waals surface area contributed by atoms with Crippen LogP contribution in [-0.4, -0.2) is 95.3 Å². The summed E-state index contributed by atoms with van der Waals surface area (Å²) in [7, 11) is 1.67. The lowest BCUT2D eigenvalue weighted by Crippen LogP contribution is -2.71. The van der Waals surface area contributed by atoms with E-state index in [4.69, 9.17) is 32.4 Å². The van der Waals surface area contributed by atoms with Crippen LogP contribution < -0.4 is 28.3 Å². The minimum absolute atomic E-state index is 0.0130. The fourth-order valence-corrected chi connectivity index (χ4v) is 5.75. The third kappa shape index (κ3) is 4.40. The molecule has 2 heterocycles. The van der Waals surface area contributed by atoms with Crippen LogP contribution in [0.25, 0.3) is 0 Å². The normalized spacial score (nSPS) is 54.0. The predicted molar refractivity (Wildman–Crippen MR) is 112 cm³/mol. The third-order valence-electron chi connectivity index (χ3n) is 7.43. The molecule has 12 N–H and O–H groups in total. The molecular weight excluding hydrogens is 390 g/mol. The monoisotopic (exact) mass is 431 g/mol. The lowest BCUT2D eigenvalue weighted by atomic mass is 9.65. The van der Waals surface area contributed by atoms with E-state index >= 15 is 0 Å². The zero-order chi connectivity index (χ0) is 22.4. The largest absolute Gasteiger partial charge is 0.392 e. The molecule has 1 aliphatic carbocycles. The highest BCUT2D eigenvalue weighted by Crippen LogP contribution is 2.40. The molecule has 0 radical (unpaired) electrons. The summed E-state index contributed by atoms with van der Waals surface area (Å²) in [6, 6.07) is -1.94. The van der Waals surface area contributed by atoms with Gasteiger partial charge in [-0.25, -0.2) is 0 Å². The van der Waals surface area contributed by atoms with Gasteiger partial charge in [-0.2, -0.15) is 0 Å². The van der Waals surface area contributed by atoms with E-state index in [1.807, 2.05) is 6.92 Å². The van der Waals surface area contributed by atoms with Gasteiger partial charge in [0, 0.05) is 36.0 Å². The summed E-state index contributed by atoms with van der Waals surface area (Å²) in [5.74, 6) is -1.04. The maximum Gasteiger partial charge on any atom is 0.103 e. The van der Waals surface area contributed by atoms with Crippen molar-refractivity contribution in [1.82, 2.24) is 5.32 Å². The Labute approximate surface area is 178 Å². The van der Waals surface area contributed by atoms with Gasteiger partial charge >= 0.3 is 0 Å².